The lowest BCUT2D eigenvalue weighted by atomic mass is 10.1. The fourth-order valence-corrected chi connectivity index (χ4v) is 3.00. The van der Waals surface area contributed by atoms with Gasteiger partial charge in [0.2, 0.25) is 11.8 Å². The smallest absolute Gasteiger partial charge is 0.243 e. The lowest BCUT2D eigenvalue weighted by Gasteiger charge is -2.14. The molecular formula is C22H29N3O2. The third-order valence-corrected chi connectivity index (χ3v) is 4.16. The van der Waals surface area contributed by atoms with Gasteiger partial charge in [0.25, 0.3) is 0 Å². The number of aryl methyl sites for hydroxylation is 3. The molecule has 0 aliphatic carbocycles. The summed E-state index contributed by atoms with van der Waals surface area (Å²) in [6.45, 7) is 10.2. The van der Waals surface area contributed by atoms with E-state index >= 15 is 0 Å². The highest BCUT2D eigenvalue weighted by Gasteiger charge is 2.09. The number of amides is 2. The minimum atomic E-state index is -0.0978. The Labute approximate surface area is 161 Å². The number of benzene rings is 2. The molecule has 0 aliphatic rings. The molecule has 0 fully saturated rings. The first kappa shape index (κ1) is 20.5. The van der Waals surface area contributed by atoms with Gasteiger partial charge in [-0.3, -0.25) is 9.59 Å². The Morgan fingerprint density at radius 2 is 1.41 bits per heavy atom. The molecule has 5 nitrogen and oxygen atoms in total. The van der Waals surface area contributed by atoms with Crippen LogP contribution in [0.25, 0.3) is 0 Å². The lowest BCUT2D eigenvalue weighted by Crippen LogP contribution is -2.22. The summed E-state index contributed by atoms with van der Waals surface area (Å²) in [5, 5.41) is 8.95. The number of carbonyl (C=O) groups excluding carboxylic acids is 2. The first-order chi connectivity index (χ1) is 12.7. The second-order valence-corrected chi connectivity index (χ2v) is 7.40. The van der Waals surface area contributed by atoms with Gasteiger partial charge in [-0.2, -0.15) is 0 Å². The van der Waals surface area contributed by atoms with Gasteiger partial charge in [-0.25, -0.2) is 0 Å². The molecule has 27 heavy (non-hydrogen) atoms. The van der Waals surface area contributed by atoms with Crippen LogP contribution in [0.15, 0.2) is 36.4 Å². The molecule has 0 aliphatic heterocycles. The zero-order valence-corrected chi connectivity index (χ0v) is 16.8. The summed E-state index contributed by atoms with van der Waals surface area (Å²) in [7, 11) is 0. The number of hydrogen-bond acceptors (Lipinski definition) is 3. The Morgan fingerprint density at radius 1 is 0.852 bits per heavy atom. The summed E-state index contributed by atoms with van der Waals surface area (Å²) >= 11 is 0. The molecule has 144 valence electrons. The quantitative estimate of drug-likeness (QED) is 0.667. The van der Waals surface area contributed by atoms with Crippen LogP contribution in [-0.4, -0.2) is 18.4 Å². The maximum absolute atomic E-state index is 12.3. The predicted octanol–water partition coefficient (Wildman–Crippen LogP) is 4.65. The predicted molar refractivity (Wildman–Crippen MR) is 112 cm³/mol. The van der Waals surface area contributed by atoms with Crippen LogP contribution >= 0.6 is 0 Å². The van der Waals surface area contributed by atoms with Crippen molar-refractivity contribution in [2.24, 2.45) is 5.92 Å². The van der Waals surface area contributed by atoms with Crippen molar-refractivity contribution in [2.45, 2.75) is 41.0 Å². The molecule has 3 N–H and O–H groups in total. The van der Waals surface area contributed by atoms with Crippen LogP contribution in [0, 0.1) is 26.7 Å². The Balaban J connectivity index is 1.88. The molecule has 0 unspecified atom stereocenters. The molecule has 2 rings (SSSR count). The standard InChI is InChI=1S/C22H29N3O2/c1-14(2)10-20(26)24-19-8-6-18(7-9-19)23-13-21(27)25-22-16(4)11-15(3)12-17(22)5/h6-9,11-12,14,23H,10,13H2,1-5H3,(H,24,26)(H,25,27). The van der Waals surface area contributed by atoms with Crippen molar-refractivity contribution in [3.05, 3.63) is 53.1 Å². The van der Waals surface area contributed by atoms with Crippen molar-refractivity contribution in [1.29, 1.82) is 0 Å². The van der Waals surface area contributed by atoms with Crippen LogP contribution < -0.4 is 16.0 Å². The van der Waals surface area contributed by atoms with E-state index in [0.717, 1.165) is 28.2 Å². The summed E-state index contributed by atoms with van der Waals surface area (Å²) in [6, 6.07) is 11.5. The molecule has 2 aromatic carbocycles. The summed E-state index contributed by atoms with van der Waals surface area (Å²) < 4.78 is 0. The summed E-state index contributed by atoms with van der Waals surface area (Å²) in [4.78, 5) is 24.1. The molecule has 0 heterocycles. The summed E-state index contributed by atoms with van der Waals surface area (Å²) in [6.07, 6.45) is 0.498. The molecule has 0 saturated heterocycles. The van der Waals surface area contributed by atoms with Crippen LogP contribution in [0.3, 0.4) is 0 Å². The van der Waals surface area contributed by atoms with Crippen molar-refractivity contribution in [3.63, 3.8) is 0 Å². The van der Waals surface area contributed by atoms with Gasteiger partial charge >= 0.3 is 0 Å². The minimum Gasteiger partial charge on any atom is -0.376 e. The molecule has 0 atom stereocenters. The molecule has 0 saturated carbocycles. The fourth-order valence-electron chi connectivity index (χ4n) is 3.00. The molecular weight excluding hydrogens is 338 g/mol. The van der Waals surface area contributed by atoms with E-state index < -0.39 is 0 Å². The molecule has 0 radical (unpaired) electrons. The first-order valence-electron chi connectivity index (χ1n) is 9.26. The van der Waals surface area contributed by atoms with Gasteiger partial charge in [-0.05, 0) is 62.1 Å². The highest BCUT2D eigenvalue weighted by Crippen LogP contribution is 2.22. The third-order valence-electron chi connectivity index (χ3n) is 4.16. The van der Waals surface area contributed by atoms with Crippen molar-refractivity contribution in [3.8, 4) is 0 Å². The normalized spacial score (nSPS) is 10.6. The Kier molecular flexibility index (Phi) is 6.99. The molecule has 0 spiro atoms. The maximum atomic E-state index is 12.3. The van der Waals surface area contributed by atoms with Gasteiger partial charge in [-0.15, -0.1) is 0 Å². The first-order valence-corrected chi connectivity index (χ1v) is 9.26. The van der Waals surface area contributed by atoms with E-state index in [9.17, 15) is 9.59 Å². The van der Waals surface area contributed by atoms with Crippen molar-refractivity contribution in [1.82, 2.24) is 0 Å². The highest BCUT2D eigenvalue weighted by molar-refractivity contribution is 5.95. The minimum absolute atomic E-state index is 0.00826. The highest BCUT2D eigenvalue weighted by atomic mass is 16.2. The van der Waals surface area contributed by atoms with E-state index in [-0.39, 0.29) is 18.4 Å². The van der Waals surface area contributed by atoms with Crippen molar-refractivity contribution < 1.29 is 9.59 Å². The van der Waals surface area contributed by atoms with Gasteiger partial charge in [0, 0.05) is 23.5 Å². The van der Waals surface area contributed by atoms with Gasteiger partial charge in [0.1, 0.15) is 0 Å². The lowest BCUT2D eigenvalue weighted by molar-refractivity contribution is -0.117. The van der Waals surface area contributed by atoms with Gasteiger partial charge < -0.3 is 16.0 Å². The number of carbonyl (C=O) groups is 2. The number of hydrogen-bond donors (Lipinski definition) is 3. The van der Waals surface area contributed by atoms with E-state index in [0.29, 0.717) is 12.3 Å². The van der Waals surface area contributed by atoms with Crippen LogP contribution in [0.4, 0.5) is 17.1 Å². The number of rotatable bonds is 7. The second-order valence-electron chi connectivity index (χ2n) is 7.40. The van der Waals surface area contributed by atoms with Crippen LogP contribution in [0.1, 0.15) is 37.0 Å². The Hall–Kier alpha value is -2.82. The van der Waals surface area contributed by atoms with E-state index in [2.05, 4.69) is 28.1 Å². The van der Waals surface area contributed by atoms with Crippen LogP contribution in [-0.2, 0) is 9.59 Å². The summed E-state index contributed by atoms with van der Waals surface area (Å²) in [5.74, 6) is 0.235. The number of anilines is 3. The third kappa shape index (κ3) is 6.44. The van der Waals surface area contributed by atoms with E-state index in [1.54, 1.807) is 0 Å². The Morgan fingerprint density at radius 3 is 1.96 bits per heavy atom. The zero-order valence-electron chi connectivity index (χ0n) is 16.8. The molecule has 0 aromatic heterocycles. The van der Waals surface area contributed by atoms with E-state index in [4.69, 9.17) is 0 Å². The van der Waals surface area contributed by atoms with Crippen molar-refractivity contribution in [2.75, 3.05) is 22.5 Å². The average molecular weight is 367 g/mol. The van der Waals surface area contributed by atoms with Gasteiger partial charge in [-0.1, -0.05) is 31.5 Å². The van der Waals surface area contributed by atoms with Crippen LogP contribution in [0.2, 0.25) is 0 Å². The average Bonchev–Trinajstić information content (AvgIpc) is 2.56. The van der Waals surface area contributed by atoms with E-state index in [1.807, 2.05) is 58.9 Å². The molecule has 2 aromatic rings. The number of nitrogens with one attached hydrogen (secondary N) is 3. The SMILES string of the molecule is Cc1cc(C)c(NC(=O)CNc2ccc(NC(=O)CC(C)C)cc2)c(C)c1. The van der Waals surface area contributed by atoms with E-state index in [1.165, 1.54) is 5.56 Å². The van der Waals surface area contributed by atoms with Crippen LogP contribution in [0.5, 0.6) is 0 Å². The molecule has 0 bridgehead atoms. The van der Waals surface area contributed by atoms with Crippen molar-refractivity contribution >= 4 is 28.9 Å². The van der Waals surface area contributed by atoms with Gasteiger partial charge in [0.15, 0.2) is 0 Å². The maximum Gasteiger partial charge on any atom is 0.243 e. The fraction of sp³-hybridized carbons (Fsp3) is 0.364. The Bertz CT molecular complexity index is 788. The molecule has 5 heteroatoms. The van der Waals surface area contributed by atoms with Gasteiger partial charge in [0.05, 0.1) is 6.54 Å². The summed E-state index contributed by atoms with van der Waals surface area (Å²) in [5.41, 5.74) is 5.74. The largest absolute Gasteiger partial charge is 0.376 e. The second kappa shape index (κ2) is 9.21. The topological polar surface area (TPSA) is 70.2 Å². The zero-order chi connectivity index (χ0) is 20.0. The molecule has 2 amide bonds. The monoisotopic (exact) mass is 367 g/mol.